The number of hydrogen-bond donors (Lipinski definition) is 1. The number of nitrogen functional groups attached to an aromatic ring is 1. The van der Waals surface area contributed by atoms with E-state index in [2.05, 4.69) is 27.0 Å². The highest BCUT2D eigenvalue weighted by molar-refractivity contribution is 9.10. The van der Waals surface area contributed by atoms with E-state index in [1.807, 2.05) is 18.2 Å². The first-order valence-corrected chi connectivity index (χ1v) is 6.96. The van der Waals surface area contributed by atoms with E-state index >= 15 is 0 Å². The van der Waals surface area contributed by atoms with Gasteiger partial charge in [-0.3, -0.25) is 4.57 Å². The summed E-state index contributed by atoms with van der Waals surface area (Å²) in [4.78, 5) is 4.35. The number of hydrogen-bond acceptors (Lipinski definition) is 4. The molecule has 6 heteroatoms. The third-order valence-electron chi connectivity index (χ3n) is 3.21. The molecule has 0 fully saturated rings. The Labute approximate surface area is 129 Å². The fraction of sp³-hybridized carbons (Fsp3) is 0.0667. The molecule has 0 aliphatic rings. The van der Waals surface area contributed by atoms with Crippen molar-refractivity contribution in [3.05, 3.63) is 46.4 Å². The number of halogens is 1. The molecule has 0 amide bonds. The Morgan fingerprint density at radius 1 is 1.33 bits per heavy atom. The molecule has 0 aliphatic heterocycles. The fourth-order valence-electron chi connectivity index (χ4n) is 2.31. The van der Waals surface area contributed by atoms with E-state index in [0.29, 0.717) is 22.9 Å². The van der Waals surface area contributed by atoms with Crippen LogP contribution in [0.3, 0.4) is 0 Å². The van der Waals surface area contributed by atoms with Crippen LogP contribution in [0.25, 0.3) is 16.7 Å². The van der Waals surface area contributed by atoms with Gasteiger partial charge in [0.2, 0.25) is 5.95 Å². The van der Waals surface area contributed by atoms with E-state index in [4.69, 9.17) is 10.5 Å². The van der Waals surface area contributed by atoms with Gasteiger partial charge in [0.15, 0.2) is 0 Å². The highest BCUT2D eigenvalue weighted by Gasteiger charge is 2.17. The number of anilines is 1. The van der Waals surface area contributed by atoms with E-state index in [9.17, 15) is 5.26 Å². The molecular formula is C15H11BrN4O. The van der Waals surface area contributed by atoms with Crippen LogP contribution < -0.4 is 10.5 Å². The van der Waals surface area contributed by atoms with Crippen molar-refractivity contribution in [2.45, 2.75) is 0 Å². The van der Waals surface area contributed by atoms with Crippen LogP contribution in [0, 0.1) is 11.3 Å². The Bertz CT molecular complexity index is 879. The van der Waals surface area contributed by atoms with E-state index in [1.54, 1.807) is 29.9 Å². The summed E-state index contributed by atoms with van der Waals surface area (Å²) in [7, 11) is 1.56. The molecule has 2 aromatic carbocycles. The SMILES string of the molecule is COc1cccc(C#N)c1-n1c(N)nc2cc(Br)ccc21. The average molecular weight is 343 g/mol. The number of para-hydroxylation sites is 1. The highest BCUT2D eigenvalue weighted by Crippen LogP contribution is 2.32. The van der Waals surface area contributed by atoms with Crippen LogP contribution in [-0.4, -0.2) is 16.7 Å². The smallest absolute Gasteiger partial charge is 0.206 e. The Hall–Kier alpha value is -2.52. The minimum absolute atomic E-state index is 0.309. The molecule has 0 spiro atoms. The van der Waals surface area contributed by atoms with Crippen molar-refractivity contribution >= 4 is 32.9 Å². The largest absolute Gasteiger partial charge is 0.495 e. The molecule has 104 valence electrons. The number of nitriles is 1. The molecule has 0 saturated carbocycles. The van der Waals surface area contributed by atoms with Crippen molar-refractivity contribution in [3.63, 3.8) is 0 Å². The fourth-order valence-corrected chi connectivity index (χ4v) is 2.66. The molecule has 1 aromatic heterocycles. The Kier molecular flexibility index (Phi) is 3.28. The van der Waals surface area contributed by atoms with Crippen LogP contribution in [0.4, 0.5) is 5.95 Å². The van der Waals surface area contributed by atoms with Gasteiger partial charge in [0.05, 0.1) is 23.7 Å². The van der Waals surface area contributed by atoms with Crippen molar-refractivity contribution in [2.75, 3.05) is 12.8 Å². The summed E-state index contributed by atoms with van der Waals surface area (Å²) in [6.07, 6.45) is 0. The number of ether oxygens (including phenoxy) is 1. The van der Waals surface area contributed by atoms with Gasteiger partial charge in [0, 0.05) is 4.47 Å². The quantitative estimate of drug-likeness (QED) is 0.775. The second-order valence-corrected chi connectivity index (χ2v) is 5.32. The highest BCUT2D eigenvalue weighted by atomic mass is 79.9. The Balaban J connectivity index is 2.41. The number of aromatic nitrogens is 2. The molecule has 5 nitrogen and oxygen atoms in total. The van der Waals surface area contributed by atoms with Gasteiger partial charge < -0.3 is 10.5 Å². The number of benzene rings is 2. The minimum atomic E-state index is 0.309. The number of methoxy groups -OCH3 is 1. The predicted molar refractivity (Wildman–Crippen MR) is 84.4 cm³/mol. The molecule has 0 aliphatic carbocycles. The predicted octanol–water partition coefficient (Wildman–Crippen LogP) is 3.25. The van der Waals surface area contributed by atoms with Crippen LogP contribution in [0.5, 0.6) is 5.75 Å². The zero-order valence-electron chi connectivity index (χ0n) is 11.2. The number of nitrogens with zero attached hydrogens (tertiary/aromatic N) is 3. The summed E-state index contributed by atoms with van der Waals surface area (Å²) >= 11 is 3.41. The van der Waals surface area contributed by atoms with Gasteiger partial charge in [0.1, 0.15) is 17.5 Å². The van der Waals surface area contributed by atoms with Gasteiger partial charge in [0.25, 0.3) is 0 Å². The standard InChI is InChI=1S/C15H11BrN4O/c1-21-13-4-2-3-9(8-17)14(13)20-12-6-5-10(16)7-11(12)19-15(20)18/h2-7H,1H3,(H2,18,19). The van der Waals surface area contributed by atoms with Gasteiger partial charge in [-0.1, -0.05) is 22.0 Å². The summed E-state index contributed by atoms with van der Waals surface area (Å²) in [5, 5.41) is 9.36. The first-order valence-electron chi connectivity index (χ1n) is 6.16. The third kappa shape index (κ3) is 2.12. The van der Waals surface area contributed by atoms with Crippen molar-refractivity contribution in [1.29, 1.82) is 5.26 Å². The maximum absolute atomic E-state index is 9.36. The lowest BCUT2D eigenvalue weighted by Crippen LogP contribution is -2.05. The summed E-state index contributed by atoms with van der Waals surface area (Å²) in [5.41, 5.74) is 8.69. The van der Waals surface area contributed by atoms with E-state index < -0.39 is 0 Å². The van der Waals surface area contributed by atoms with Crippen molar-refractivity contribution < 1.29 is 4.74 Å². The molecule has 0 bridgehead atoms. The number of imidazole rings is 1. The molecule has 0 unspecified atom stereocenters. The van der Waals surface area contributed by atoms with Gasteiger partial charge in [-0.15, -0.1) is 0 Å². The summed E-state index contributed by atoms with van der Waals surface area (Å²) in [6.45, 7) is 0. The molecule has 3 aromatic rings. The molecule has 0 saturated heterocycles. The average Bonchev–Trinajstić information content (AvgIpc) is 2.80. The van der Waals surface area contributed by atoms with Crippen LogP contribution >= 0.6 is 15.9 Å². The Morgan fingerprint density at radius 3 is 2.86 bits per heavy atom. The zero-order chi connectivity index (χ0) is 15.0. The van der Waals surface area contributed by atoms with Gasteiger partial charge in [-0.25, -0.2) is 4.98 Å². The van der Waals surface area contributed by atoms with Gasteiger partial charge in [-0.05, 0) is 30.3 Å². The second kappa shape index (κ2) is 5.11. The monoisotopic (exact) mass is 342 g/mol. The summed E-state index contributed by atoms with van der Waals surface area (Å²) in [5.74, 6) is 0.882. The normalized spacial score (nSPS) is 10.5. The molecule has 0 radical (unpaired) electrons. The van der Waals surface area contributed by atoms with Gasteiger partial charge >= 0.3 is 0 Å². The summed E-state index contributed by atoms with van der Waals surface area (Å²) < 4.78 is 8.03. The molecule has 3 rings (SSSR count). The van der Waals surface area contributed by atoms with E-state index in [1.165, 1.54) is 0 Å². The van der Waals surface area contributed by atoms with Crippen LogP contribution in [-0.2, 0) is 0 Å². The lowest BCUT2D eigenvalue weighted by molar-refractivity contribution is 0.413. The molecular weight excluding hydrogens is 332 g/mol. The topological polar surface area (TPSA) is 76.9 Å². The minimum Gasteiger partial charge on any atom is -0.495 e. The third-order valence-corrected chi connectivity index (χ3v) is 3.70. The summed E-state index contributed by atoms with van der Waals surface area (Å²) in [6, 6.07) is 13.1. The zero-order valence-corrected chi connectivity index (χ0v) is 12.8. The molecule has 1 heterocycles. The van der Waals surface area contributed by atoms with Crippen LogP contribution in [0.15, 0.2) is 40.9 Å². The number of nitrogens with two attached hydrogens (primary N) is 1. The van der Waals surface area contributed by atoms with E-state index in [-0.39, 0.29) is 0 Å². The van der Waals surface area contributed by atoms with Crippen molar-refractivity contribution in [2.24, 2.45) is 0 Å². The van der Waals surface area contributed by atoms with Crippen LogP contribution in [0.2, 0.25) is 0 Å². The molecule has 21 heavy (non-hydrogen) atoms. The number of fused-ring (bicyclic) bond motifs is 1. The first-order chi connectivity index (χ1) is 10.2. The first kappa shape index (κ1) is 13.5. The maximum atomic E-state index is 9.36. The maximum Gasteiger partial charge on any atom is 0.206 e. The lowest BCUT2D eigenvalue weighted by atomic mass is 10.1. The lowest BCUT2D eigenvalue weighted by Gasteiger charge is -2.13. The number of rotatable bonds is 2. The molecule has 0 atom stereocenters. The Morgan fingerprint density at radius 2 is 2.14 bits per heavy atom. The van der Waals surface area contributed by atoms with Crippen LogP contribution in [0.1, 0.15) is 5.56 Å². The van der Waals surface area contributed by atoms with E-state index in [0.717, 1.165) is 15.5 Å². The van der Waals surface area contributed by atoms with Gasteiger partial charge in [-0.2, -0.15) is 5.26 Å². The molecule has 2 N–H and O–H groups in total. The van der Waals surface area contributed by atoms with Crippen molar-refractivity contribution in [1.82, 2.24) is 9.55 Å². The second-order valence-electron chi connectivity index (χ2n) is 4.41. The van der Waals surface area contributed by atoms with Crippen molar-refractivity contribution in [3.8, 4) is 17.5 Å².